The number of rotatable bonds is 8. The van der Waals surface area contributed by atoms with E-state index in [0.29, 0.717) is 0 Å². The zero-order valence-electron chi connectivity index (χ0n) is 11.0. The van der Waals surface area contributed by atoms with E-state index in [0.717, 1.165) is 38.7 Å². The highest BCUT2D eigenvalue weighted by Gasteiger charge is 1.98. The number of ether oxygens (including phenoxy) is 1. The SMILES string of the molecule is C=CCNC(=NC)NCCN(C)CCOC.I. The van der Waals surface area contributed by atoms with E-state index in [1.165, 1.54) is 0 Å². The Morgan fingerprint density at radius 2 is 2.12 bits per heavy atom. The van der Waals surface area contributed by atoms with E-state index in [2.05, 4.69) is 34.2 Å². The van der Waals surface area contributed by atoms with Crippen molar-refractivity contribution >= 4 is 29.9 Å². The molecule has 0 aromatic heterocycles. The summed E-state index contributed by atoms with van der Waals surface area (Å²) in [5, 5.41) is 6.33. The summed E-state index contributed by atoms with van der Waals surface area (Å²) in [6, 6.07) is 0. The van der Waals surface area contributed by atoms with Crippen LogP contribution in [0.4, 0.5) is 0 Å². The molecule has 0 amide bonds. The summed E-state index contributed by atoms with van der Waals surface area (Å²) in [5.74, 6) is 0.806. The van der Waals surface area contributed by atoms with E-state index in [9.17, 15) is 0 Å². The number of methoxy groups -OCH3 is 1. The Labute approximate surface area is 122 Å². The van der Waals surface area contributed by atoms with E-state index in [-0.39, 0.29) is 24.0 Å². The van der Waals surface area contributed by atoms with Gasteiger partial charge in [0.25, 0.3) is 0 Å². The minimum Gasteiger partial charge on any atom is -0.383 e. The zero-order chi connectivity index (χ0) is 12.2. The number of halogens is 1. The molecule has 0 aliphatic heterocycles. The maximum atomic E-state index is 5.00. The van der Waals surface area contributed by atoms with Crippen LogP contribution < -0.4 is 10.6 Å². The van der Waals surface area contributed by atoms with Gasteiger partial charge in [-0.2, -0.15) is 0 Å². The minimum atomic E-state index is 0. The van der Waals surface area contributed by atoms with Crippen LogP contribution in [-0.4, -0.2) is 64.9 Å². The molecule has 0 aromatic carbocycles. The number of aliphatic imine (C=N–C) groups is 1. The van der Waals surface area contributed by atoms with Crippen LogP contribution in [0, 0.1) is 0 Å². The Bertz CT molecular complexity index is 212. The molecule has 5 nitrogen and oxygen atoms in total. The number of nitrogens with zero attached hydrogens (tertiary/aromatic N) is 2. The maximum Gasteiger partial charge on any atom is 0.191 e. The molecule has 0 saturated carbocycles. The zero-order valence-corrected chi connectivity index (χ0v) is 13.4. The highest BCUT2D eigenvalue weighted by atomic mass is 127. The lowest BCUT2D eigenvalue weighted by molar-refractivity contribution is 0.162. The fourth-order valence-electron chi connectivity index (χ4n) is 1.11. The summed E-state index contributed by atoms with van der Waals surface area (Å²) in [7, 11) is 5.54. The summed E-state index contributed by atoms with van der Waals surface area (Å²) in [5.41, 5.74) is 0. The third-order valence-electron chi connectivity index (χ3n) is 2.10. The fraction of sp³-hybridized carbons (Fsp3) is 0.727. The Morgan fingerprint density at radius 3 is 2.65 bits per heavy atom. The molecule has 0 spiro atoms. The lowest BCUT2D eigenvalue weighted by Crippen LogP contribution is -2.41. The minimum absolute atomic E-state index is 0. The number of hydrogen-bond donors (Lipinski definition) is 2. The summed E-state index contributed by atoms with van der Waals surface area (Å²) in [4.78, 5) is 6.29. The van der Waals surface area contributed by atoms with Crippen molar-refractivity contribution in [1.29, 1.82) is 0 Å². The topological polar surface area (TPSA) is 48.9 Å². The van der Waals surface area contributed by atoms with Crippen molar-refractivity contribution in [2.45, 2.75) is 0 Å². The van der Waals surface area contributed by atoms with Gasteiger partial charge in [0.1, 0.15) is 0 Å². The molecule has 6 heteroatoms. The van der Waals surface area contributed by atoms with Gasteiger partial charge in [0, 0.05) is 40.3 Å². The van der Waals surface area contributed by atoms with Gasteiger partial charge in [-0.25, -0.2) is 0 Å². The molecular weight excluding hydrogens is 331 g/mol. The van der Waals surface area contributed by atoms with Crippen LogP contribution in [0.1, 0.15) is 0 Å². The molecule has 0 saturated heterocycles. The predicted molar refractivity (Wildman–Crippen MR) is 84.3 cm³/mol. The van der Waals surface area contributed by atoms with Crippen LogP contribution in [0.15, 0.2) is 17.6 Å². The second-order valence-corrected chi connectivity index (χ2v) is 3.46. The Balaban J connectivity index is 0. The molecule has 0 unspecified atom stereocenters. The van der Waals surface area contributed by atoms with Gasteiger partial charge in [-0.05, 0) is 7.05 Å². The van der Waals surface area contributed by atoms with E-state index >= 15 is 0 Å². The van der Waals surface area contributed by atoms with Crippen molar-refractivity contribution in [3.05, 3.63) is 12.7 Å². The van der Waals surface area contributed by atoms with Gasteiger partial charge >= 0.3 is 0 Å². The molecule has 17 heavy (non-hydrogen) atoms. The van der Waals surface area contributed by atoms with Crippen LogP contribution in [0.5, 0.6) is 0 Å². The molecule has 102 valence electrons. The molecule has 2 N–H and O–H groups in total. The van der Waals surface area contributed by atoms with Crippen molar-refractivity contribution < 1.29 is 4.74 Å². The molecule has 0 heterocycles. The average Bonchev–Trinajstić information content (AvgIpc) is 2.30. The van der Waals surface area contributed by atoms with Crippen molar-refractivity contribution in [3.8, 4) is 0 Å². The number of hydrogen-bond acceptors (Lipinski definition) is 3. The predicted octanol–water partition coefficient (Wildman–Crippen LogP) is 0.534. The van der Waals surface area contributed by atoms with E-state index in [4.69, 9.17) is 4.74 Å². The molecule has 0 aliphatic carbocycles. The van der Waals surface area contributed by atoms with E-state index in [1.54, 1.807) is 20.2 Å². The standard InChI is InChI=1S/C11H24N4O.HI/c1-5-6-13-11(12-2)14-7-8-15(3)9-10-16-4;/h5H,1,6-10H2,2-4H3,(H2,12,13,14);1H. The number of guanidine groups is 1. The lowest BCUT2D eigenvalue weighted by atomic mass is 10.5. The highest BCUT2D eigenvalue weighted by molar-refractivity contribution is 14.0. The maximum absolute atomic E-state index is 5.00. The largest absolute Gasteiger partial charge is 0.383 e. The summed E-state index contributed by atoms with van der Waals surface area (Å²) in [6.07, 6.45) is 1.80. The van der Waals surface area contributed by atoms with Gasteiger partial charge in [0.15, 0.2) is 5.96 Å². The van der Waals surface area contributed by atoms with Gasteiger partial charge in [-0.1, -0.05) is 6.08 Å². The van der Waals surface area contributed by atoms with Gasteiger partial charge in [-0.15, -0.1) is 30.6 Å². The Morgan fingerprint density at radius 1 is 1.41 bits per heavy atom. The van der Waals surface area contributed by atoms with Gasteiger partial charge in [-0.3, -0.25) is 4.99 Å². The summed E-state index contributed by atoms with van der Waals surface area (Å²) >= 11 is 0. The third kappa shape index (κ3) is 11.9. The number of nitrogens with one attached hydrogen (secondary N) is 2. The monoisotopic (exact) mass is 356 g/mol. The first-order valence-corrected chi connectivity index (χ1v) is 5.47. The fourth-order valence-corrected chi connectivity index (χ4v) is 1.11. The second kappa shape index (κ2) is 13.7. The normalized spacial score (nSPS) is 10.9. The molecule has 0 rings (SSSR count). The Kier molecular flexibility index (Phi) is 15.3. The summed E-state index contributed by atoms with van der Waals surface area (Å²) in [6.45, 7) is 7.88. The van der Waals surface area contributed by atoms with Crippen LogP contribution in [0.25, 0.3) is 0 Å². The van der Waals surface area contributed by atoms with Crippen molar-refractivity contribution in [1.82, 2.24) is 15.5 Å². The number of likely N-dealkylation sites (N-methyl/N-ethyl adjacent to an activating group) is 1. The van der Waals surface area contributed by atoms with Crippen molar-refractivity contribution in [2.75, 3.05) is 54.0 Å². The molecule has 0 atom stereocenters. The molecule has 0 radical (unpaired) electrons. The van der Waals surface area contributed by atoms with Crippen molar-refractivity contribution in [3.63, 3.8) is 0 Å². The lowest BCUT2D eigenvalue weighted by Gasteiger charge is -2.17. The quantitative estimate of drug-likeness (QED) is 0.288. The van der Waals surface area contributed by atoms with Crippen LogP contribution in [-0.2, 0) is 4.74 Å². The first-order chi connectivity index (χ1) is 7.74. The molecule has 0 aliphatic rings. The van der Waals surface area contributed by atoms with Gasteiger partial charge < -0.3 is 20.3 Å². The van der Waals surface area contributed by atoms with Crippen LogP contribution in [0.3, 0.4) is 0 Å². The average molecular weight is 356 g/mol. The van der Waals surface area contributed by atoms with Gasteiger partial charge in [0.2, 0.25) is 0 Å². The van der Waals surface area contributed by atoms with E-state index in [1.807, 2.05) is 0 Å². The van der Waals surface area contributed by atoms with Crippen molar-refractivity contribution in [2.24, 2.45) is 4.99 Å². The molecule has 0 bridgehead atoms. The first kappa shape index (κ1) is 19.0. The van der Waals surface area contributed by atoms with E-state index < -0.39 is 0 Å². The second-order valence-electron chi connectivity index (χ2n) is 3.46. The molecule has 0 aromatic rings. The van der Waals surface area contributed by atoms with Crippen LogP contribution >= 0.6 is 24.0 Å². The first-order valence-electron chi connectivity index (χ1n) is 5.47. The molecular formula is C11H25IN4O. The highest BCUT2D eigenvalue weighted by Crippen LogP contribution is 1.81. The Hall–Kier alpha value is -0.340. The smallest absolute Gasteiger partial charge is 0.191 e. The molecule has 0 fully saturated rings. The third-order valence-corrected chi connectivity index (χ3v) is 2.10. The van der Waals surface area contributed by atoms with Crippen LogP contribution in [0.2, 0.25) is 0 Å². The van der Waals surface area contributed by atoms with Gasteiger partial charge in [0.05, 0.1) is 6.61 Å². The summed E-state index contributed by atoms with van der Waals surface area (Å²) < 4.78 is 5.00.